The number of nitrogen functional groups attached to an aromatic ring is 1. The van der Waals surface area contributed by atoms with Crippen LogP contribution in [0.5, 0.6) is 0 Å². The number of carbonyl (C=O) groups is 1. The SMILES string of the molecule is CC(CCO)CNc1cc2c(cc1N)CC(=O)N2. The minimum atomic E-state index is 0.00944. The van der Waals surface area contributed by atoms with Crippen molar-refractivity contribution in [2.45, 2.75) is 19.8 Å². The standard InChI is InChI=1S/C13H19N3O2/c1-8(2-3-17)7-15-12-6-11-9(4-10(12)14)5-13(18)16-11/h4,6,8,15,17H,2-3,5,7,14H2,1H3,(H,16,18). The highest BCUT2D eigenvalue weighted by molar-refractivity contribution is 6.00. The average molecular weight is 249 g/mol. The van der Waals surface area contributed by atoms with Crippen LogP contribution in [0.2, 0.25) is 0 Å². The first-order chi connectivity index (χ1) is 8.60. The number of rotatable bonds is 5. The summed E-state index contributed by atoms with van der Waals surface area (Å²) in [6.07, 6.45) is 1.16. The van der Waals surface area contributed by atoms with Crippen molar-refractivity contribution in [2.75, 3.05) is 29.5 Å². The summed E-state index contributed by atoms with van der Waals surface area (Å²) in [6.45, 7) is 3.00. The van der Waals surface area contributed by atoms with E-state index in [1.165, 1.54) is 0 Å². The number of hydrogen-bond acceptors (Lipinski definition) is 4. The van der Waals surface area contributed by atoms with E-state index in [0.29, 0.717) is 18.0 Å². The van der Waals surface area contributed by atoms with Crippen molar-refractivity contribution in [3.8, 4) is 0 Å². The highest BCUT2D eigenvalue weighted by atomic mass is 16.3. The summed E-state index contributed by atoms with van der Waals surface area (Å²) in [4.78, 5) is 11.3. The molecule has 0 saturated heterocycles. The second-order valence-corrected chi connectivity index (χ2v) is 4.82. The second-order valence-electron chi connectivity index (χ2n) is 4.82. The molecule has 1 amide bonds. The Morgan fingerprint density at radius 1 is 1.56 bits per heavy atom. The van der Waals surface area contributed by atoms with Gasteiger partial charge < -0.3 is 21.5 Å². The Labute approximate surface area is 106 Å². The maximum Gasteiger partial charge on any atom is 0.228 e. The van der Waals surface area contributed by atoms with Gasteiger partial charge in [-0.2, -0.15) is 0 Å². The van der Waals surface area contributed by atoms with Gasteiger partial charge in [0.25, 0.3) is 0 Å². The lowest BCUT2D eigenvalue weighted by molar-refractivity contribution is -0.115. The molecule has 18 heavy (non-hydrogen) atoms. The van der Waals surface area contributed by atoms with Crippen LogP contribution >= 0.6 is 0 Å². The molecule has 1 aliphatic heterocycles. The molecule has 0 saturated carbocycles. The van der Waals surface area contributed by atoms with Crippen LogP contribution in [0.4, 0.5) is 17.1 Å². The maximum atomic E-state index is 11.3. The predicted octanol–water partition coefficient (Wildman–Crippen LogP) is 1.19. The molecule has 0 bridgehead atoms. The third-order valence-electron chi connectivity index (χ3n) is 3.16. The zero-order valence-electron chi connectivity index (χ0n) is 10.5. The lowest BCUT2D eigenvalue weighted by Crippen LogP contribution is -2.13. The van der Waals surface area contributed by atoms with E-state index in [0.717, 1.165) is 29.9 Å². The molecule has 0 spiro atoms. The van der Waals surface area contributed by atoms with E-state index in [2.05, 4.69) is 17.6 Å². The molecule has 5 heteroatoms. The smallest absolute Gasteiger partial charge is 0.228 e. The Bertz CT molecular complexity index is 460. The molecule has 0 radical (unpaired) electrons. The van der Waals surface area contributed by atoms with Crippen LogP contribution in [0.1, 0.15) is 18.9 Å². The monoisotopic (exact) mass is 249 g/mol. The number of carbonyl (C=O) groups excluding carboxylic acids is 1. The summed E-state index contributed by atoms with van der Waals surface area (Å²) in [5, 5.41) is 14.9. The van der Waals surface area contributed by atoms with Crippen molar-refractivity contribution in [1.29, 1.82) is 0 Å². The Morgan fingerprint density at radius 2 is 2.33 bits per heavy atom. The highest BCUT2D eigenvalue weighted by Crippen LogP contribution is 2.31. The molecule has 5 nitrogen and oxygen atoms in total. The first-order valence-corrected chi connectivity index (χ1v) is 6.17. The summed E-state index contributed by atoms with van der Waals surface area (Å²) in [5.74, 6) is 0.382. The van der Waals surface area contributed by atoms with Crippen LogP contribution in [0.15, 0.2) is 12.1 Å². The van der Waals surface area contributed by atoms with Crippen LogP contribution in [0.3, 0.4) is 0 Å². The predicted molar refractivity (Wildman–Crippen MR) is 72.5 cm³/mol. The lowest BCUT2D eigenvalue weighted by Gasteiger charge is -2.15. The summed E-state index contributed by atoms with van der Waals surface area (Å²) in [6, 6.07) is 3.72. The first kappa shape index (κ1) is 12.7. The van der Waals surface area contributed by atoms with Crippen LogP contribution in [-0.4, -0.2) is 24.2 Å². The van der Waals surface area contributed by atoms with Crippen LogP contribution in [0, 0.1) is 5.92 Å². The zero-order chi connectivity index (χ0) is 13.1. The molecule has 5 N–H and O–H groups in total. The number of aliphatic hydroxyl groups excluding tert-OH is 1. The van der Waals surface area contributed by atoms with Crippen LogP contribution in [0.25, 0.3) is 0 Å². The Balaban J connectivity index is 2.06. The molecule has 1 aromatic carbocycles. The third-order valence-corrected chi connectivity index (χ3v) is 3.16. The maximum absolute atomic E-state index is 11.3. The van der Waals surface area contributed by atoms with E-state index in [1.54, 1.807) is 0 Å². The number of benzene rings is 1. The van der Waals surface area contributed by atoms with E-state index < -0.39 is 0 Å². The van der Waals surface area contributed by atoms with Crippen molar-refractivity contribution < 1.29 is 9.90 Å². The van der Waals surface area contributed by atoms with Gasteiger partial charge in [0.15, 0.2) is 0 Å². The number of fused-ring (bicyclic) bond motifs is 1. The second kappa shape index (κ2) is 5.27. The van der Waals surface area contributed by atoms with Gasteiger partial charge in [-0.25, -0.2) is 0 Å². The third kappa shape index (κ3) is 2.73. The molecular weight excluding hydrogens is 230 g/mol. The van der Waals surface area contributed by atoms with Crippen LogP contribution < -0.4 is 16.4 Å². The first-order valence-electron chi connectivity index (χ1n) is 6.17. The largest absolute Gasteiger partial charge is 0.397 e. The Morgan fingerprint density at radius 3 is 3.06 bits per heavy atom. The van der Waals surface area contributed by atoms with E-state index in [4.69, 9.17) is 10.8 Å². The van der Waals surface area contributed by atoms with Crippen molar-refractivity contribution >= 4 is 23.0 Å². The highest BCUT2D eigenvalue weighted by Gasteiger charge is 2.19. The van der Waals surface area contributed by atoms with Gasteiger partial charge in [0.05, 0.1) is 17.8 Å². The minimum absolute atomic E-state index is 0.00944. The van der Waals surface area contributed by atoms with Gasteiger partial charge in [-0.05, 0) is 30.0 Å². The minimum Gasteiger partial charge on any atom is -0.397 e. The fourth-order valence-electron chi connectivity index (χ4n) is 2.05. The summed E-state index contributed by atoms with van der Waals surface area (Å²) in [7, 11) is 0. The van der Waals surface area contributed by atoms with E-state index >= 15 is 0 Å². The topological polar surface area (TPSA) is 87.4 Å². The molecule has 2 rings (SSSR count). The van der Waals surface area contributed by atoms with Crippen molar-refractivity contribution in [3.63, 3.8) is 0 Å². The molecule has 98 valence electrons. The zero-order valence-corrected chi connectivity index (χ0v) is 10.5. The number of hydrogen-bond donors (Lipinski definition) is 4. The van der Waals surface area contributed by atoms with E-state index in [1.807, 2.05) is 12.1 Å². The summed E-state index contributed by atoms with van der Waals surface area (Å²) < 4.78 is 0. The van der Waals surface area contributed by atoms with E-state index in [-0.39, 0.29) is 12.5 Å². The van der Waals surface area contributed by atoms with Gasteiger partial charge in [0.1, 0.15) is 0 Å². The van der Waals surface area contributed by atoms with Gasteiger partial charge in [-0.3, -0.25) is 4.79 Å². The molecule has 1 aromatic rings. The number of nitrogens with two attached hydrogens (primary N) is 1. The van der Waals surface area contributed by atoms with Gasteiger partial charge in [-0.1, -0.05) is 6.92 Å². The Hall–Kier alpha value is -1.75. The van der Waals surface area contributed by atoms with E-state index in [9.17, 15) is 4.79 Å². The number of aliphatic hydroxyl groups is 1. The average Bonchev–Trinajstić information content (AvgIpc) is 2.65. The molecule has 0 fully saturated rings. The summed E-state index contributed by atoms with van der Waals surface area (Å²) >= 11 is 0. The normalized spacial score (nSPS) is 15.1. The van der Waals surface area contributed by atoms with Crippen molar-refractivity contribution in [1.82, 2.24) is 0 Å². The molecule has 1 unspecified atom stereocenters. The number of anilines is 3. The fourth-order valence-corrected chi connectivity index (χ4v) is 2.05. The molecule has 1 heterocycles. The van der Waals surface area contributed by atoms with Crippen molar-refractivity contribution in [3.05, 3.63) is 17.7 Å². The molecular formula is C13H19N3O2. The van der Waals surface area contributed by atoms with Gasteiger partial charge in [0, 0.05) is 18.8 Å². The van der Waals surface area contributed by atoms with Gasteiger partial charge in [0.2, 0.25) is 5.91 Å². The number of nitrogens with one attached hydrogen (secondary N) is 2. The van der Waals surface area contributed by atoms with Gasteiger partial charge >= 0.3 is 0 Å². The number of amides is 1. The molecule has 0 aliphatic carbocycles. The molecule has 0 aromatic heterocycles. The van der Waals surface area contributed by atoms with Crippen molar-refractivity contribution in [2.24, 2.45) is 5.92 Å². The molecule has 1 aliphatic rings. The quantitative estimate of drug-likeness (QED) is 0.590. The summed E-state index contributed by atoms with van der Waals surface area (Å²) in [5.41, 5.74) is 9.23. The lowest BCUT2D eigenvalue weighted by atomic mass is 10.1. The van der Waals surface area contributed by atoms with Gasteiger partial charge in [-0.15, -0.1) is 0 Å². The Kier molecular flexibility index (Phi) is 3.72. The van der Waals surface area contributed by atoms with Crippen LogP contribution in [-0.2, 0) is 11.2 Å². The fraction of sp³-hybridized carbons (Fsp3) is 0.462. The molecule has 1 atom stereocenters.